The van der Waals surface area contributed by atoms with Crippen LogP contribution in [0, 0.1) is 0 Å². The largest absolute Gasteiger partial charge is 0.492 e. The number of benzene rings is 2. The molecule has 1 fully saturated rings. The molecule has 2 aromatic carbocycles. The Morgan fingerprint density at radius 2 is 1.83 bits per heavy atom. The van der Waals surface area contributed by atoms with Gasteiger partial charge in [0.25, 0.3) is 5.91 Å². The standard InChI is InChI=1S/C21H19Cl2NO4S2/c1-2-26-17-11-13(12-18-20(25)24-21(29)30-18)10-15(23)19(17)28-9-5-8-27-16-7-4-3-6-14(16)22/h3-4,6-7,10-12H,2,5,8-9H2,1H3,(H,24,25,29). The number of hydrogen-bond donors (Lipinski definition) is 1. The molecular weight excluding hydrogens is 465 g/mol. The van der Waals surface area contributed by atoms with Crippen LogP contribution in [0.2, 0.25) is 10.0 Å². The average molecular weight is 484 g/mol. The van der Waals surface area contributed by atoms with E-state index in [0.29, 0.717) is 62.8 Å². The Morgan fingerprint density at radius 3 is 2.53 bits per heavy atom. The maximum atomic E-state index is 11.9. The number of halogens is 2. The van der Waals surface area contributed by atoms with Crippen molar-refractivity contribution in [2.24, 2.45) is 0 Å². The molecule has 1 aliphatic rings. The molecule has 0 atom stereocenters. The lowest BCUT2D eigenvalue weighted by molar-refractivity contribution is -0.115. The monoisotopic (exact) mass is 483 g/mol. The minimum Gasteiger partial charge on any atom is -0.492 e. The molecule has 1 amide bonds. The van der Waals surface area contributed by atoms with Crippen LogP contribution in [0.3, 0.4) is 0 Å². The molecule has 0 spiro atoms. The molecule has 9 heteroatoms. The summed E-state index contributed by atoms with van der Waals surface area (Å²) in [5, 5.41) is 3.55. The third-order valence-electron chi connectivity index (χ3n) is 3.90. The lowest BCUT2D eigenvalue weighted by atomic mass is 10.2. The molecule has 0 unspecified atom stereocenters. The number of thioether (sulfide) groups is 1. The van der Waals surface area contributed by atoms with Crippen molar-refractivity contribution in [3.05, 3.63) is 56.9 Å². The maximum Gasteiger partial charge on any atom is 0.263 e. The van der Waals surface area contributed by atoms with Gasteiger partial charge in [0, 0.05) is 6.42 Å². The highest BCUT2D eigenvalue weighted by atomic mass is 35.5. The van der Waals surface area contributed by atoms with Crippen molar-refractivity contribution in [1.29, 1.82) is 0 Å². The molecule has 1 saturated heterocycles. The second-order valence-electron chi connectivity index (χ2n) is 6.10. The minimum atomic E-state index is -0.224. The molecule has 30 heavy (non-hydrogen) atoms. The van der Waals surface area contributed by atoms with Crippen LogP contribution in [0.25, 0.3) is 6.08 Å². The second-order valence-corrected chi connectivity index (χ2v) is 8.63. The normalized spacial score (nSPS) is 14.7. The van der Waals surface area contributed by atoms with E-state index in [1.54, 1.807) is 24.3 Å². The Labute approximate surface area is 194 Å². The van der Waals surface area contributed by atoms with Gasteiger partial charge in [-0.15, -0.1) is 0 Å². The zero-order valence-corrected chi connectivity index (χ0v) is 19.2. The van der Waals surface area contributed by atoms with Gasteiger partial charge < -0.3 is 19.5 Å². The number of thiocarbonyl (C=S) groups is 1. The third-order valence-corrected chi connectivity index (χ3v) is 5.66. The van der Waals surface area contributed by atoms with Crippen LogP contribution < -0.4 is 19.5 Å². The fourth-order valence-electron chi connectivity index (χ4n) is 2.62. The smallest absolute Gasteiger partial charge is 0.263 e. The van der Waals surface area contributed by atoms with Crippen molar-refractivity contribution in [2.45, 2.75) is 13.3 Å². The zero-order chi connectivity index (χ0) is 21.5. The summed E-state index contributed by atoms with van der Waals surface area (Å²) in [4.78, 5) is 12.4. The van der Waals surface area contributed by atoms with Gasteiger partial charge >= 0.3 is 0 Å². The second kappa shape index (κ2) is 10.9. The molecule has 1 aliphatic heterocycles. The Hall–Kier alpha value is -1.93. The number of carbonyl (C=O) groups is 1. The van der Waals surface area contributed by atoms with E-state index in [1.807, 2.05) is 25.1 Å². The van der Waals surface area contributed by atoms with E-state index in [4.69, 9.17) is 49.6 Å². The van der Waals surface area contributed by atoms with Crippen LogP contribution in [-0.2, 0) is 4.79 Å². The summed E-state index contributed by atoms with van der Waals surface area (Å²) in [6.45, 7) is 3.15. The predicted octanol–water partition coefficient (Wildman–Crippen LogP) is 5.73. The summed E-state index contributed by atoms with van der Waals surface area (Å²) in [5.74, 6) is 1.38. The van der Waals surface area contributed by atoms with E-state index >= 15 is 0 Å². The lowest BCUT2D eigenvalue weighted by Crippen LogP contribution is -2.17. The summed E-state index contributed by atoms with van der Waals surface area (Å²) in [6.07, 6.45) is 2.35. The van der Waals surface area contributed by atoms with E-state index < -0.39 is 0 Å². The van der Waals surface area contributed by atoms with Crippen LogP contribution in [-0.4, -0.2) is 30.0 Å². The Morgan fingerprint density at radius 1 is 1.07 bits per heavy atom. The zero-order valence-electron chi connectivity index (χ0n) is 16.1. The van der Waals surface area contributed by atoms with Gasteiger partial charge in [-0.3, -0.25) is 4.79 Å². The summed E-state index contributed by atoms with van der Waals surface area (Å²) >= 11 is 18.7. The molecule has 1 N–H and O–H groups in total. The quantitative estimate of drug-likeness (QED) is 0.279. The summed E-state index contributed by atoms with van der Waals surface area (Å²) in [7, 11) is 0. The first-order chi connectivity index (χ1) is 14.5. The van der Waals surface area contributed by atoms with Crippen molar-refractivity contribution >= 4 is 63.5 Å². The molecule has 0 bridgehead atoms. The Balaban J connectivity index is 1.64. The highest BCUT2D eigenvalue weighted by Crippen LogP contribution is 2.38. The highest BCUT2D eigenvalue weighted by Gasteiger charge is 2.22. The highest BCUT2D eigenvalue weighted by molar-refractivity contribution is 8.26. The van der Waals surface area contributed by atoms with E-state index in [-0.39, 0.29) is 5.91 Å². The minimum absolute atomic E-state index is 0.224. The molecule has 2 aromatic rings. The van der Waals surface area contributed by atoms with Crippen molar-refractivity contribution in [3.8, 4) is 17.2 Å². The molecule has 5 nitrogen and oxygen atoms in total. The Bertz CT molecular complexity index is 981. The first kappa shape index (κ1) is 22.7. The van der Waals surface area contributed by atoms with Gasteiger partial charge in [-0.05, 0) is 42.8 Å². The van der Waals surface area contributed by atoms with Crippen LogP contribution in [0.4, 0.5) is 0 Å². The van der Waals surface area contributed by atoms with Gasteiger partial charge in [0.1, 0.15) is 10.1 Å². The van der Waals surface area contributed by atoms with Crippen molar-refractivity contribution in [3.63, 3.8) is 0 Å². The Kier molecular flexibility index (Phi) is 8.27. The summed E-state index contributed by atoms with van der Waals surface area (Å²) < 4.78 is 17.6. The van der Waals surface area contributed by atoms with Gasteiger partial charge in [0.2, 0.25) is 0 Å². The maximum absolute atomic E-state index is 11.9. The predicted molar refractivity (Wildman–Crippen MR) is 126 cm³/mol. The summed E-state index contributed by atoms with van der Waals surface area (Å²) in [6, 6.07) is 10.8. The number of carbonyl (C=O) groups excluding carboxylic acids is 1. The van der Waals surface area contributed by atoms with Gasteiger partial charge in [-0.25, -0.2) is 0 Å². The van der Waals surface area contributed by atoms with Gasteiger partial charge in [-0.2, -0.15) is 0 Å². The van der Waals surface area contributed by atoms with Crippen molar-refractivity contribution < 1.29 is 19.0 Å². The molecule has 3 rings (SSSR count). The molecule has 158 valence electrons. The van der Waals surface area contributed by atoms with Crippen LogP contribution >= 0.6 is 47.2 Å². The topological polar surface area (TPSA) is 56.8 Å². The first-order valence-electron chi connectivity index (χ1n) is 9.19. The third kappa shape index (κ3) is 6.04. The molecule has 0 aliphatic carbocycles. The number of para-hydroxylation sites is 1. The van der Waals surface area contributed by atoms with E-state index in [2.05, 4.69) is 5.32 Å². The van der Waals surface area contributed by atoms with Gasteiger partial charge in [0.05, 0.1) is 34.8 Å². The fraction of sp³-hybridized carbons (Fsp3) is 0.238. The van der Waals surface area contributed by atoms with E-state index in [0.717, 1.165) is 5.56 Å². The van der Waals surface area contributed by atoms with Crippen LogP contribution in [0.5, 0.6) is 17.2 Å². The van der Waals surface area contributed by atoms with Crippen molar-refractivity contribution in [2.75, 3.05) is 19.8 Å². The summed E-state index contributed by atoms with van der Waals surface area (Å²) in [5.41, 5.74) is 0.722. The average Bonchev–Trinajstić information content (AvgIpc) is 3.01. The van der Waals surface area contributed by atoms with Gasteiger partial charge in [-0.1, -0.05) is 59.3 Å². The fourth-order valence-corrected chi connectivity index (χ4v) is 4.13. The first-order valence-corrected chi connectivity index (χ1v) is 11.2. The molecule has 0 saturated carbocycles. The number of ether oxygens (including phenoxy) is 3. The molecule has 0 aromatic heterocycles. The number of nitrogens with one attached hydrogen (secondary N) is 1. The molecule has 0 radical (unpaired) electrons. The number of hydrogen-bond acceptors (Lipinski definition) is 6. The number of amides is 1. The molecular formula is C21H19Cl2NO4S2. The SMILES string of the molecule is CCOc1cc(C=C2SC(=S)NC2=O)cc(Cl)c1OCCCOc1ccccc1Cl. The van der Waals surface area contributed by atoms with E-state index in [1.165, 1.54) is 11.8 Å². The van der Waals surface area contributed by atoms with E-state index in [9.17, 15) is 4.79 Å². The molecule has 1 heterocycles. The van der Waals surface area contributed by atoms with Gasteiger partial charge in [0.15, 0.2) is 11.5 Å². The number of rotatable bonds is 9. The lowest BCUT2D eigenvalue weighted by Gasteiger charge is -2.15. The van der Waals surface area contributed by atoms with Crippen LogP contribution in [0.15, 0.2) is 41.3 Å². The van der Waals surface area contributed by atoms with Crippen LogP contribution in [0.1, 0.15) is 18.9 Å². The van der Waals surface area contributed by atoms with Crippen molar-refractivity contribution in [1.82, 2.24) is 5.32 Å².